The van der Waals surface area contributed by atoms with Gasteiger partial charge in [-0.05, 0) is 18.8 Å². The predicted octanol–water partition coefficient (Wildman–Crippen LogP) is -0.283. The zero-order chi connectivity index (χ0) is 13.8. The standard InChI is InChI=1S/C11H17N5O3/c1-7(14-4-3-13-10(14)16(18)19)11-6-12-5-9(11)15(11)8(2)17/h3-4,7-9,12,17H,5-6H2,1-2H3. The van der Waals surface area contributed by atoms with Gasteiger partial charge in [-0.3, -0.25) is 4.90 Å². The summed E-state index contributed by atoms with van der Waals surface area (Å²) < 4.78 is 1.59. The van der Waals surface area contributed by atoms with Gasteiger partial charge in [-0.25, -0.2) is 4.57 Å². The fraction of sp³-hybridized carbons (Fsp3) is 0.727. The van der Waals surface area contributed by atoms with Gasteiger partial charge in [-0.1, -0.05) is 4.98 Å². The van der Waals surface area contributed by atoms with Gasteiger partial charge >= 0.3 is 5.95 Å². The lowest BCUT2D eigenvalue weighted by atomic mass is 9.99. The molecule has 2 fully saturated rings. The Balaban J connectivity index is 1.94. The van der Waals surface area contributed by atoms with Crippen LogP contribution in [0.1, 0.15) is 19.9 Å². The number of hydrogen-bond acceptors (Lipinski definition) is 6. The second kappa shape index (κ2) is 3.99. The number of rotatable bonds is 4. The third-order valence-corrected chi connectivity index (χ3v) is 4.43. The summed E-state index contributed by atoms with van der Waals surface area (Å²) in [5.74, 6) is -0.148. The molecule has 19 heavy (non-hydrogen) atoms. The van der Waals surface area contributed by atoms with E-state index in [1.54, 1.807) is 17.7 Å². The lowest BCUT2D eigenvalue weighted by Gasteiger charge is -2.24. The maximum absolute atomic E-state index is 11.0. The average Bonchev–Trinajstić information content (AvgIpc) is 2.75. The number of aliphatic hydroxyl groups is 1. The minimum absolute atomic E-state index is 0.120. The molecule has 2 aliphatic rings. The highest BCUT2D eigenvalue weighted by Gasteiger charge is 2.70. The van der Waals surface area contributed by atoms with Crippen LogP contribution in [0.5, 0.6) is 0 Å². The Morgan fingerprint density at radius 2 is 2.42 bits per heavy atom. The second-order valence-electron chi connectivity index (χ2n) is 5.24. The molecule has 0 aliphatic carbocycles. The molecule has 1 aromatic rings. The Bertz CT molecular complexity index is 516. The van der Waals surface area contributed by atoms with E-state index < -0.39 is 11.2 Å². The van der Waals surface area contributed by atoms with Crippen LogP contribution in [-0.4, -0.2) is 55.4 Å². The van der Waals surface area contributed by atoms with Gasteiger partial charge in [-0.2, -0.15) is 0 Å². The van der Waals surface area contributed by atoms with Crippen LogP contribution in [0.3, 0.4) is 0 Å². The van der Waals surface area contributed by atoms with Crippen molar-refractivity contribution in [3.05, 3.63) is 22.5 Å². The van der Waals surface area contributed by atoms with Crippen LogP contribution in [0, 0.1) is 10.1 Å². The van der Waals surface area contributed by atoms with Gasteiger partial charge < -0.3 is 20.5 Å². The number of aliphatic hydroxyl groups excluding tert-OH is 1. The molecule has 2 saturated heterocycles. The predicted molar refractivity (Wildman–Crippen MR) is 66.5 cm³/mol. The number of piperazine rings is 1. The number of nitrogens with one attached hydrogen (secondary N) is 1. The van der Waals surface area contributed by atoms with Gasteiger partial charge in [-0.15, -0.1) is 0 Å². The smallest absolute Gasteiger partial charge is 0.390 e. The average molecular weight is 267 g/mol. The molecule has 3 heterocycles. The third kappa shape index (κ3) is 1.54. The molecular weight excluding hydrogens is 250 g/mol. The van der Waals surface area contributed by atoms with E-state index in [4.69, 9.17) is 0 Å². The number of aromatic nitrogens is 2. The van der Waals surface area contributed by atoms with Crippen molar-refractivity contribution in [1.29, 1.82) is 0 Å². The van der Waals surface area contributed by atoms with E-state index in [1.165, 1.54) is 6.20 Å². The Morgan fingerprint density at radius 1 is 1.68 bits per heavy atom. The molecule has 0 amide bonds. The molecule has 2 N–H and O–H groups in total. The van der Waals surface area contributed by atoms with Gasteiger partial charge in [0.1, 0.15) is 24.7 Å². The van der Waals surface area contributed by atoms with E-state index in [0.717, 1.165) is 13.1 Å². The van der Waals surface area contributed by atoms with Crippen molar-refractivity contribution >= 4 is 5.95 Å². The lowest BCUT2D eigenvalue weighted by Crippen LogP contribution is -2.39. The molecule has 0 radical (unpaired) electrons. The summed E-state index contributed by atoms with van der Waals surface area (Å²) in [7, 11) is 0. The normalized spacial score (nSPS) is 35.7. The number of hydrogen-bond donors (Lipinski definition) is 2. The van der Waals surface area contributed by atoms with Gasteiger partial charge in [0.25, 0.3) is 0 Å². The Labute approximate surface area is 110 Å². The molecule has 8 nitrogen and oxygen atoms in total. The summed E-state index contributed by atoms with van der Waals surface area (Å²) in [6.45, 7) is 5.20. The highest BCUT2D eigenvalue weighted by molar-refractivity contribution is 5.28. The maximum atomic E-state index is 11.0. The molecular formula is C11H17N5O3. The molecule has 2 aliphatic heterocycles. The molecule has 0 bridgehead atoms. The van der Waals surface area contributed by atoms with Gasteiger partial charge in [0.15, 0.2) is 0 Å². The first-order valence-corrected chi connectivity index (χ1v) is 6.34. The van der Waals surface area contributed by atoms with Crippen molar-refractivity contribution in [1.82, 2.24) is 19.8 Å². The van der Waals surface area contributed by atoms with Gasteiger partial charge in [0, 0.05) is 19.1 Å². The molecule has 3 rings (SSSR count). The van der Waals surface area contributed by atoms with E-state index in [0.29, 0.717) is 0 Å². The van der Waals surface area contributed by atoms with Crippen LogP contribution in [-0.2, 0) is 0 Å². The van der Waals surface area contributed by atoms with Crippen molar-refractivity contribution in [3.8, 4) is 0 Å². The molecule has 0 spiro atoms. The SMILES string of the molecule is CC(O)N1C2CNCC21C(C)n1ccnc1[N+](=O)[O-]. The summed E-state index contributed by atoms with van der Waals surface area (Å²) >= 11 is 0. The van der Waals surface area contributed by atoms with Crippen molar-refractivity contribution in [2.75, 3.05) is 13.1 Å². The summed E-state index contributed by atoms with van der Waals surface area (Å²) in [6.07, 6.45) is 2.53. The van der Waals surface area contributed by atoms with Crippen LogP contribution in [0.15, 0.2) is 12.4 Å². The van der Waals surface area contributed by atoms with E-state index in [9.17, 15) is 15.2 Å². The van der Waals surface area contributed by atoms with Crippen LogP contribution in [0.25, 0.3) is 0 Å². The number of nitro groups is 1. The summed E-state index contributed by atoms with van der Waals surface area (Å²) in [5.41, 5.74) is -0.250. The van der Waals surface area contributed by atoms with E-state index in [1.807, 2.05) is 11.8 Å². The maximum Gasteiger partial charge on any atom is 0.434 e. The van der Waals surface area contributed by atoms with Crippen LogP contribution >= 0.6 is 0 Å². The monoisotopic (exact) mass is 267 g/mol. The van der Waals surface area contributed by atoms with Crippen LogP contribution in [0.4, 0.5) is 5.95 Å². The number of nitrogens with zero attached hydrogens (tertiary/aromatic N) is 4. The molecule has 0 aromatic carbocycles. The first kappa shape index (κ1) is 12.5. The van der Waals surface area contributed by atoms with Crippen molar-refractivity contribution in [2.45, 2.75) is 37.7 Å². The van der Waals surface area contributed by atoms with Crippen molar-refractivity contribution < 1.29 is 10.0 Å². The van der Waals surface area contributed by atoms with E-state index >= 15 is 0 Å². The number of fused-ring (bicyclic) bond motifs is 1. The minimum atomic E-state index is -0.544. The molecule has 0 saturated carbocycles. The highest BCUT2D eigenvalue weighted by Crippen LogP contribution is 2.52. The zero-order valence-corrected chi connectivity index (χ0v) is 10.9. The Morgan fingerprint density at radius 3 is 3.00 bits per heavy atom. The summed E-state index contributed by atoms with van der Waals surface area (Å²) in [6, 6.07) is 0.106. The van der Waals surface area contributed by atoms with Crippen LogP contribution in [0.2, 0.25) is 0 Å². The minimum Gasteiger partial charge on any atom is -0.390 e. The van der Waals surface area contributed by atoms with E-state index in [-0.39, 0.29) is 23.6 Å². The highest BCUT2D eigenvalue weighted by atomic mass is 16.6. The zero-order valence-electron chi connectivity index (χ0n) is 10.9. The molecule has 104 valence electrons. The first-order chi connectivity index (χ1) is 9.00. The van der Waals surface area contributed by atoms with E-state index in [2.05, 4.69) is 10.3 Å². The Hall–Kier alpha value is -1.51. The fourth-order valence-corrected chi connectivity index (χ4v) is 3.57. The first-order valence-electron chi connectivity index (χ1n) is 6.34. The largest absolute Gasteiger partial charge is 0.434 e. The van der Waals surface area contributed by atoms with Gasteiger partial charge in [0.05, 0.1) is 5.54 Å². The summed E-state index contributed by atoms with van der Waals surface area (Å²) in [4.78, 5) is 16.3. The lowest BCUT2D eigenvalue weighted by molar-refractivity contribution is -0.397. The second-order valence-corrected chi connectivity index (χ2v) is 5.24. The third-order valence-electron chi connectivity index (χ3n) is 4.43. The quantitative estimate of drug-likeness (QED) is 0.442. The van der Waals surface area contributed by atoms with Crippen LogP contribution < -0.4 is 5.32 Å². The fourth-order valence-electron chi connectivity index (χ4n) is 3.57. The molecule has 5 unspecified atom stereocenters. The summed E-state index contributed by atoms with van der Waals surface area (Å²) in [5, 5.41) is 24.1. The molecule has 1 aromatic heterocycles. The molecule has 5 atom stereocenters. The topological polar surface area (TPSA) is 96.2 Å². The van der Waals surface area contributed by atoms with Gasteiger partial charge in [0.2, 0.25) is 0 Å². The molecule has 8 heteroatoms. The van der Waals surface area contributed by atoms with Crippen molar-refractivity contribution in [2.24, 2.45) is 0 Å². The number of imidazole rings is 1. The van der Waals surface area contributed by atoms with Crippen molar-refractivity contribution in [3.63, 3.8) is 0 Å². The Kier molecular flexibility index (Phi) is 2.63.